The van der Waals surface area contributed by atoms with Gasteiger partial charge in [0.05, 0.1) is 17.5 Å². The van der Waals surface area contributed by atoms with Crippen LogP contribution >= 0.6 is 15.9 Å². The Bertz CT molecular complexity index is 925. The van der Waals surface area contributed by atoms with Crippen molar-refractivity contribution < 1.29 is 22.1 Å². The van der Waals surface area contributed by atoms with Crippen LogP contribution in [0.5, 0.6) is 0 Å². The molecule has 12 heteroatoms. The zero-order valence-electron chi connectivity index (χ0n) is 16.2. The number of rotatable bonds is 8. The van der Waals surface area contributed by atoms with Crippen LogP contribution in [0.1, 0.15) is 20.8 Å². The molecule has 1 unspecified atom stereocenters. The average Bonchev–Trinajstić information content (AvgIpc) is 3.00. The number of nitrogens with one attached hydrogen (secondary N) is 1. The minimum Gasteiger partial charge on any atom is -0.349 e. The molecule has 0 saturated heterocycles. The lowest BCUT2D eigenvalue weighted by Gasteiger charge is -2.24. The Morgan fingerprint density at radius 1 is 1.43 bits per heavy atom. The van der Waals surface area contributed by atoms with E-state index >= 15 is 0 Å². The Morgan fingerprint density at radius 3 is 2.75 bits per heavy atom. The predicted molar refractivity (Wildman–Crippen MR) is 104 cm³/mol. The molecule has 1 amide bonds. The molecule has 2 aromatic rings. The van der Waals surface area contributed by atoms with Crippen LogP contribution in [0.3, 0.4) is 0 Å². The van der Waals surface area contributed by atoms with Crippen molar-refractivity contribution in [2.45, 2.75) is 32.3 Å². The van der Waals surface area contributed by atoms with E-state index in [1.54, 1.807) is 36.5 Å². The SMILES string of the molecule is Cn1cnc(-c2ccn[n+](CC(=O)NCCS(=O)(=O)OC(Br)C(C)(C)C)c2)n1. The van der Waals surface area contributed by atoms with Gasteiger partial charge in [-0.15, -0.1) is 0 Å². The summed E-state index contributed by atoms with van der Waals surface area (Å²) in [6.45, 7) is 5.42. The zero-order valence-corrected chi connectivity index (χ0v) is 18.6. The molecule has 0 fully saturated rings. The molecule has 2 rings (SSSR count). The Hall–Kier alpha value is -1.92. The van der Waals surface area contributed by atoms with Gasteiger partial charge in [0, 0.05) is 13.6 Å². The minimum atomic E-state index is -3.78. The molecule has 0 bridgehead atoms. The highest BCUT2D eigenvalue weighted by Crippen LogP contribution is 2.28. The van der Waals surface area contributed by atoms with Gasteiger partial charge in [0.25, 0.3) is 22.6 Å². The van der Waals surface area contributed by atoms with Gasteiger partial charge in [-0.25, -0.2) is 4.98 Å². The van der Waals surface area contributed by atoms with Crippen molar-refractivity contribution in [3.8, 4) is 11.4 Å². The summed E-state index contributed by atoms with van der Waals surface area (Å²) in [5.74, 6) is -0.178. The van der Waals surface area contributed by atoms with Gasteiger partial charge in [0.15, 0.2) is 5.82 Å². The van der Waals surface area contributed by atoms with Crippen LogP contribution in [0.15, 0.2) is 24.8 Å². The topological polar surface area (TPSA) is 120 Å². The van der Waals surface area contributed by atoms with E-state index in [1.165, 1.54) is 4.68 Å². The van der Waals surface area contributed by atoms with Gasteiger partial charge in [-0.05, 0) is 16.6 Å². The van der Waals surface area contributed by atoms with E-state index in [9.17, 15) is 13.2 Å². The molecule has 1 N–H and O–H groups in total. The van der Waals surface area contributed by atoms with Gasteiger partial charge in [-0.1, -0.05) is 41.4 Å². The van der Waals surface area contributed by atoms with Gasteiger partial charge in [0.1, 0.15) is 11.3 Å². The monoisotopic (exact) mass is 475 g/mol. The molecule has 2 heterocycles. The second kappa shape index (κ2) is 9.05. The molecular weight excluding hydrogens is 452 g/mol. The standard InChI is InChI=1S/C16H23BrN6O4S/c1-16(2,3)15(17)27-28(25,26)8-7-18-13(24)10-23-9-12(5-6-20-23)14-19-11-22(4)21-14/h5-6,9,11,15H,7-8,10H2,1-4H3/p+1. The van der Waals surface area contributed by atoms with E-state index in [0.29, 0.717) is 11.4 Å². The minimum absolute atomic E-state index is 0.0624. The van der Waals surface area contributed by atoms with Crippen LogP contribution in [-0.4, -0.2) is 51.5 Å². The first kappa shape index (κ1) is 22.4. The lowest BCUT2D eigenvalue weighted by molar-refractivity contribution is -0.742. The number of aromatic nitrogens is 5. The van der Waals surface area contributed by atoms with E-state index in [0.717, 1.165) is 0 Å². The predicted octanol–water partition coefficient (Wildman–Crippen LogP) is 0.394. The van der Waals surface area contributed by atoms with Crippen LogP contribution in [0.25, 0.3) is 11.4 Å². The number of amides is 1. The average molecular weight is 476 g/mol. The van der Waals surface area contributed by atoms with Gasteiger partial charge >= 0.3 is 0 Å². The van der Waals surface area contributed by atoms with E-state index < -0.39 is 15.1 Å². The highest BCUT2D eigenvalue weighted by atomic mass is 79.9. The number of hydrogen-bond donors (Lipinski definition) is 1. The summed E-state index contributed by atoms with van der Waals surface area (Å²) < 4.78 is 32.1. The molecule has 154 valence electrons. The summed E-state index contributed by atoms with van der Waals surface area (Å²) >= 11 is 3.21. The molecule has 2 aromatic heterocycles. The van der Waals surface area contributed by atoms with Crippen LogP contribution in [0, 0.1) is 5.41 Å². The normalized spacial score (nSPS) is 13.3. The van der Waals surface area contributed by atoms with Crippen molar-refractivity contribution >= 4 is 32.0 Å². The van der Waals surface area contributed by atoms with E-state index in [2.05, 4.69) is 36.4 Å². The van der Waals surface area contributed by atoms with Gasteiger partial charge in [-0.3, -0.25) is 13.7 Å². The molecule has 0 aliphatic rings. The highest BCUT2D eigenvalue weighted by Gasteiger charge is 2.28. The van der Waals surface area contributed by atoms with Gasteiger partial charge < -0.3 is 5.32 Å². The Kier molecular flexibility index (Phi) is 7.23. The number of aryl methyl sites for hydroxylation is 1. The van der Waals surface area contributed by atoms with Crippen LogP contribution < -0.4 is 10.00 Å². The summed E-state index contributed by atoms with van der Waals surface area (Å²) in [6, 6.07) is 1.74. The molecule has 0 aromatic carbocycles. The van der Waals surface area contributed by atoms with Crippen LogP contribution in [0.2, 0.25) is 0 Å². The van der Waals surface area contributed by atoms with Gasteiger partial charge in [0.2, 0.25) is 6.20 Å². The largest absolute Gasteiger partial charge is 0.349 e. The fourth-order valence-electron chi connectivity index (χ4n) is 1.97. The third-order valence-corrected chi connectivity index (χ3v) is 6.50. The Morgan fingerprint density at radius 2 is 2.14 bits per heavy atom. The molecule has 0 aliphatic heterocycles. The zero-order chi connectivity index (χ0) is 20.9. The summed E-state index contributed by atoms with van der Waals surface area (Å²) in [4.78, 5) is 16.2. The number of alkyl halides is 1. The maximum Gasteiger partial charge on any atom is 0.288 e. The van der Waals surface area contributed by atoms with E-state index in [-0.39, 0.29) is 30.2 Å². The lowest BCUT2D eigenvalue weighted by atomic mass is 9.99. The van der Waals surface area contributed by atoms with Crippen molar-refractivity contribution in [3.63, 3.8) is 0 Å². The number of carbonyl (C=O) groups is 1. The smallest absolute Gasteiger partial charge is 0.288 e. The van der Waals surface area contributed by atoms with Crippen molar-refractivity contribution in [1.29, 1.82) is 0 Å². The molecule has 28 heavy (non-hydrogen) atoms. The molecule has 0 radical (unpaired) electrons. The third-order valence-electron chi connectivity index (χ3n) is 3.51. The third kappa shape index (κ3) is 6.91. The second-order valence-electron chi connectivity index (χ2n) is 7.25. The second-order valence-corrected chi connectivity index (χ2v) is 9.79. The molecule has 0 aliphatic carbocycles. The molecule has 0 spiro atoms. The van der Waals surface area contributed by atoms with Crippen LogP contribution in [-0.2, 0) is 32.7 Å². The van der Waals surface area contributed by atoms with E-state index in [1.807, 2.05) is 20.8 Å². The quantitative estimate of drug-likeness (QED) is 0.333. The maximum atomic E-state index is 12.1. The van der Waals surface area contributed by atoms with Crippen molar-refractivity contribution in [1.82, 2.24) is 25.2 Å². The first-order valence-electron chi connectivity index (χ1n) is 8.50. The summed E-state index contributed by atoms with van der Waals surface area (Å²) in [5, 5.41) is 10.2. The van der Waals surface area contributed by atoms with Gasteiger partial charge in [-0.2, -0.15) is 13.5 Å². The first-order chi connectivity index (χ1) is 13.0. The molecule has 10 nitrogen and oxygen atoms in total. The number of nitrogens with zero attached hydrogens (tertiary/aromatic N) is 5. The van der Waals surface area contributed by atoms with Crippen molar-refractivity contribution in [2.24, 2.45) is 12.5 Å². The summed E-state index contributed by atoms with van der Waals surface area (Å²) in [5.41, 5.74) is 0.330. The van der Waals surface area contributed by atoms with Crippen molar-refractivity contribution in [2.75, 3.05) is 12.3 Å². The first-order valence-corrected chi connectivity index (χ1v) is 11.0. The summed E-state index contributed by atoms with van der Waals surface area (Å²) in [6.07, 6.45) is 4.76. The number of hydrogen-bond acceptors (Lipinski definition) is 7. The molecule has 1 atom stereocenters. The molecule has 0 saturated carbocycles. The lowest BCUT2D eigenvalue weighted by Crippen LogP contribution is -2.46. The van der Waals surface area contributed by atoms with E-state index in [4.69, 9.17) is 4.18 Å². The number of carbonyl (C=O) groups excluding carboxylic acids is 1. The Balaban J connectivity index is 1.86. The highest BCUT2D eigenvalue weighted by molar-refractivity contribution is 9.09. The fraction of sp³-hybridized carbons (Fsp3) is 0.562. The van der Waals surface area contributed by atoms with Crippen molar-refractivity contribution in [3.05, 3.63) is 24.8 Å². The fourth-order valence-corrected chi connectivity index (χ4v) is 3.66. The molecular formula is C16H24BrN6O4S+. The summed E-state index contributed by atoms with van der Waals surface area (Å²) in [7, 11) is -2.02. The maximum absolute atomic E-state index is 12.1. The van der Waals surface area contributed by atoms with Crippen LogP contribution in [0.4, 0.5) is 0 Å². The number of halogens is 1. The Labute approximate surface area is 172 Å².